The third-order valence-electron chi connectivity index (χ3n) is 4.30. The van der Waals surface area contributed by atoms with Crippen molar-refractivity contribution >= 4 is 11.9 Å². The highest BCUT2D eigenvalue weighted by Crippen LogP contribution is 2.44. The second-order valence-corrected chi connectivity index (χ2v) is 5.86. The summed E-state index contributed by atoms with van der Waals surface area (Å²) < 4.78 is 60.3. The summed E-state index contributed by atoms with van der Waals surface area (Å²) in [4.78, 5) is 23.8. The first kappa shape index (κ1) is 18.0. The number of carbonyl (C=O) groups excluding carboxylic acids is 1. The summed E-state index contributed by atoms with van der Waals surface area (Å²) in [5.74, 6) is -6.41. The number of esters is 1. The van der Waals surface area contributed by atoms with Crippen LogP contribution in [-0.2, 0) is 14.3 Å². The van der Waals surface area contributed by atoms with Crippen molar-refractivity contribution in [3.8, 4) is 0 Å². The lowest BCUT2D eigenvalue weighted by Gasteiger charge is -2.28. The fourth-order valence-corrected chi connectivity index (χ4v) is 3.31. The number of carbonyl (C=O) groups is 2. The van der Waals surface area contributed by atoms with Gasteiger partial charge in [0.25, 0.3) is 0 Å². The number of rotatable bonds is 4. The highest BCUT2D eigenvalue weighted by molar-refractivity contribution is 6.00. The monoisotopic (exact) mass is 371 g/mol. The lowest BCUT2D eigenvalue weighted by molar-refractivity contribution is -0.136. The predicted molar refractivity (Wildman–Crippen MR) is 80.4 cm³/mol. The molecule has 0 fully saturated rings. The average Bonchev–Trinajstić information content (AvgIpc) is 2.92. The Morgan fingerprint density at radius 2 is 2.12 bits per heavy atom. The van der Waals surface area contributed by atoms with E-state index in [0.29, 0.717) is 6.07 Å². The molecule has 1 aromatic rings. The molecule has 0 spiro atoms. The molecule has 5 nitrogen and oxygen atoms in total. The second kappa shape index (κ2) is 6.47. The molecule has 0 saturated carbocycles. The fourth-order valence-electron chi connectivity index (χ4n) is 3.31. The third-order valence-corrected chi connectivity index (χ3v) is 4.30. The molecule has 0 unspecified atom stereocenters. The summed E-state index contributed by atoms with van der Waals surface area (Å²) in [5.41, 5.74) is -2.15. The van der Waals surface area contributed by atoms with Gasteiger partial charge in [-0.15, -0.1) is 0 Å². The number of dihydropyridines is 1. The number of aliphatic carboxylic acids is 1. The van der Waals surface area contributed by atoms with Crippen molar-refractivity contribution in [2.24, 2.45) is 0 Å². The number of hydrogen-bond acceptors (Lipinski definition) is 4. The number of carboxylic acid groups (broad SMARTS) is 1. The first-order valence-electron chi connectivity index (χ1n) is 7.58. The van der Waals surface area contributed by atoms with E-state index in [0.717, 1.165) is 13.0 Å². The number of halogens is 4. The zero-order valence-electron chi connectivity index (χ0n) is 13.4. The molecule has 2 aliphatic heterocycles. The SMILES string of the molecule is C[C@H](F)c1c(F)cc(F)cc1[C@@H]1C(C(=O)O)=C(CF)NC2=C1C(=O)OC2. The quantitative estimate of drug-likeness (QED) is 0.629. The topological polar surface area (TPSA) is 75.6 Å². The first-order valence-corrected chi connectivity index (χ1v) is 7.58. The molecule has 0 aromatic heterocycles. The van der Waals surface area contributed by atoms with Crippen molar-refractivity contribution in [3.05, 3.63) is 57.4 Å². The molecular formula is C17H13F4NO4. The van der Waals surface area contributed by atoms with Gasteiger partial charge in [0.15, 0.2) is 0 Å². The van der Waals surface area contributed by atoms with Crippen LogP contribution < -0.4 is 5.32 Å². The molecule has 2 heterocycles. The van der Waals surface area contributed by atoms with Crippen LogP contribution in [0.25, 0.3) is 0 Å². The van der Waals surface area contributed by atoms with Crippen LogP contribution in [0, 0.1) is 11.6 Å². The van der Waals surface area contributed by atoms with Gasteiger partial charge in [-0.1, -0.05) is 0 Å². The highest BCUT2D eigenvalue weighted by atomic mass is 19.1. The molecule has 0 amide bonds. The van der Waals surface area contributed by atoms with Gasteiger partial charge in [-0.3, -0.25) is 0 Å². The number of carboxylic acids is 1. The fraction of sp³-hybridized carbons (Fsp3) is 0.294. The molecule has 138 valence electrons. The van der Waals surface area contributed by atoms with Gasteiger partial charge in [-0.25, -0.2) is 27.2 Å². The second-order valence-electron chi connectivity index (χ2n) is 5.86. The minimum Gasteiger partial charge on any atom is -0.478 e. The molecular weight excluding hydrogens is 358 g/mol. The Hall–Kier alpha value is -2.84. The highest BCUT2D eigenvalue weighted by Gasteiger charge is 2.44. The van der Waals surface area contributed by atoms with Crippen LogP contribution in [-0.4, -0.2) is 30.3 Å². The number of ether oxygens (including phenoxy) is 1. The Morgan fingerprint density at radius 1 is 1.42 bits per heavy atom. The molecule has 0 radical (unpaired) electrons. The van der Waals surface area contributed by atoms with E-state index in [2.05, 4.69) is 5.32 Å². The molecule has 9 heteroatoms. The smallest absolute Gasteiger partial charge is 0.337 e. The normalized spacial score (nSPS) is 20.7. The lowest BCUT2D eigenvalue weighted by atomic mass is 9.78. The summed E-state index contributed by atoms with van der Waals surface area (Å²) >= 11 is 0. The molecule has 3 rings (SSSR count). The number of allylic oxidation sites excluding steroid dienone is 1. The molecule has 2 atom stereocenters. The minimum atomic E-state index is -1.93. The van der Waals surface area contributed by atoms with E-state index in [-0.39, 0.29) is 23.6 Å². The maximum atomic E-state index is 14.2. The van der Waals surface area contributed by atoms with E-state index < -0.39 is 59.0 Å². The summed E-state index contributed by atoms with van der Waals surface area (Å²) in [7, 11) is 0. The van der Waals surface area contributed by atoms with Crippen LogP contribution in [0.3, 0.4) is 0 Å². The van der Waals surface area contributed by atoms with Crippen molar-refractivity contribution in [2.75, 3.05) is 13.3 Å². The van der Waals surface area contributed by atoms with Crippen LogP contribution in [0.4, 0.5) is 17.6 Å². The number of alkyl halides is 2. The maximum absolute atomic E-state index is 14.2. The van der Waals surface area contributed by atoms with Crippen LogP contribution >= 0.6 is 0 Å². The van der Waals surface area contributed by atoms with Gasteiger partial charge in [0.2, 0.25) is 0 Å². The van der Waals surface area contributed by atoms with E-state index in [4.69, 9.17) is 4.74 Å². The third kappa shape index (κ3) is 2.73. The van der Waals surface area contributed by atoms with Crippen LogP contribution in [0.2, 0.25) is 0 Å². The van der Waals surface area contributed by atoms with Crippen LogP contribution in [0.5, 0.6) is 0 Å². The maximum Gasteiger partial charge on any atom is 0.337 e. The number of benzene rings is 1. The lowest BCUT2D eigenvalue weighted by Crippen LogP contribution is -2.32. The number of cyclic esters (lactones) is 1. The molecule has 0 bridgehead atoms. The van der Waals surface area contributed by atoms with Gasteiger partial charge in [0.05, 0.1) is 28.5 Å². The van der Waals surface area contributed by atoms with Gasteiger partial charge in [0.1, 0.15) is 31.1 Å². The average molecular weight is 371 g/mol. The summed E-state index contributed by atoms with van der Waals surface area (Å²) in [6.07, 6.45) is -1.93. The van der Waals surface area contributed by atoms with Gasteiger partial charge >= 0.3 is 11.9 Å². The standard InChI is InChI=1S/C17H13F4NO4/c1-6(19)12-8(2-7(20)3-9(12)21)13-14(16(23)24)10(4-18)22-11-5-26-17(25)15(11)13/h2-3,6,13,22H,4-5H2,1H3,(H,23,24)/t6-,13+/m0/s1. The van der Waals surface area contributed by atoms with Gasteiger partial charge in [0, 0.05) is 11.6 Å². The molecule has 2 aliphatic rings. The Kier molecular flexibility index (Phi) is 4.47. The van der Waals surface area contributed by atoms with E-state index in [1.54, 1.807) is 0 Å². The molecule has 0 aliphatic carbocycles. The number of nitrogens with one attached hydrogen (secondary N) is 1. The summed E-state index contributed by atoms with van der Waals surface area (Å²) in [6.45, 7) is -0.524. The van der Waals surface area contributed by atoms with Crippen molar-refractivity contribution in [1.29, 1.82) is 0 Å². The van der Waals surface area contributed by atoms with Gasteiger partial charge in [-0.05, 0) is 18.6 Å². The Labute approximate surface area is 144 Å². The molecule has 0 saturated heterocycles. The van der Waals surface area contributed by atoms with Gasteiger partial charge in [-0.2, -0.15) is 0 Å². The van der Waals surface area contributed by atoms with Crippen LogP contribution in [0.15, 0.2) is 34.7 Å². The number of hydrogen-bond donors (Lipinski definition) is 2. The van der Waals surface area contributed by atoms with E-state index >= 15 is 0 Å². The van der Waals surface area contributed by atoms with Crippen molar-refractivity contribution in [1.82, 2.24) is 5.32 Å². The molecule has 26 heavy (non-hydrogen) atoms. The van der Waals surface area contributed by atoms with Crippen molar-refractivity contribution in [3.63, 3.8) is 0 Å². The summed E-state index contributed by atoms with van der Waals surface area (Å²) in [6, 6.07) is 1.21. The largest absolute Gasteiger partial charge is 0.478 e. The Balaban J connectivity index is 2.35. The minimum absolute atomic E-state index is 0.0831. The predicted octanol–water partition coefficient (Wildman–Crippen LogP) is 2.80. The van der Waals surface area contributed by atoms with Crippen molar-refractivity contribution < 1.29 is 37.0 Å². The van der Waals surface area contributed by atoms with Crippen molar-refractivity contribution in [2.45, 2.75) is 19.0 Å². The van der Waals surface area contributed by atoms with E-state index in [1.807, 2.05) is 0 Å². The Morgan fingerprint density at radius 3 is 2.69 bits per heavy atom. The molecule has 2 N–H and O–H groups in total. The van der Waals surface area contributed by atoms with Gasteiger partial charge < -0.3 is 15.2 Å². The Bertz CT molecular complexity index is 876. The summed E-state index contributed by atoms with van der Waals surface area (Å²) in [5, 5.41) is 12.0. The zero-order chi connectivity index (χ0) is 19.2. The first-order chi connectivity index (χ1) is 12.3. The van der Waals surface area contributed by atoms with E-state index in [9.17, 15) is 32.3 Å². The molecule has 1 aromatic carbocycles. The zero-order valence-corrected chi connectivity index (χ0v) is 13.4. The van der Waals surface area contributed by atoms with Crippen LogP contribution in [0.1, 0.15) is 30.1 Å². The van der Waals surface area contributed by atoms with E-state index in [1.165, 1.54) is 0 Å².